The van der Waals surface area contributed by atoms with E-state index in [1.54, 1.807) is 0 Å². The number of hydrogen-bond donors (Lipinski definition) is 4. The van der Waals surface area contributed by atoms with E-state index in [1.807, 2.05) is 0 Å². The van der Waals surface area contributed by atoms with Gasteiger partial charge in [-0.2, -0.15) is 13.2 Å². The van der Waals surface area contributed by atoms with Crippen LogP contribution >= 0.6 is 11.6 Å². The van der Waals surface area contributed by atoms with Crippen molar-refractivity contribution >= 4 is 52.3 Å². The normalized spacial score (nSPS) is 10.8. The van der Waals surface area contributed by atoms with Crippen LogP contribution in [-0.4, -0.2) is 35.7 Å². The summed E-state index contributed by atoms with van der Waals surface area (Å²) in [6.07, 6.45) is -5.27. The van der Waals surface area contributed by atoms with Gasteiger partial charge >= 0.3 is 12.1 Å². The molecule has 5 N–H and O–H groups in total. The second-order valence-corrected chi connectivity index (χ2v) is 4.86. The number of carbonyl (C=O) groups excluding carboxylic acids is 4. The molecule has 0 fully saturated rings. The number of rotatable bonds is 5. The van der Waals surface area contributed by atoms with Crippen molar-refractivity contribution in [3.05, 3.63) is 17.7 Å². The molecule has 1 aromatic carbocycles. The van der Waals surface area contributed by atoms with Crippen molar-refractivity contribution in [2.75, 3.05) is 21.8 Å². The maximum atomic E-state index is 12.5. The number of nitrogens with two attached hydrogens (primary N) is 1. The van der Waals surface area contributed by atoms with Crippen LogP contribution in [0.5, 0.6) is 0 Å². The van der Waals surface area contributed by atoms with Gasteiger partial charge in [0.05, 0.1) is 22.6 Å². The Kier molecular flexibility index (Phi) is 6.34. The summed E-state index contributed by atoms with van der Waals surface area (Å²) in [6, 6.07) is 2.10. The Bertz CT molecular complexity index is 737. The fraction of sp³-hybridized carbons (Fsp3) is 0.231. The third kappa shape index (κ3) is 5.35. The van der Waals surface area contributed by atoms with E-state index in [1.165, 1.54) is 5.32 Å². The fourth-order valence-corrected chi connectivity index (χ4v) is 1.79. The van der Waals surface area contributed by atoms with Crippen molar-refractivity contribution in [2.45, 2.75) is 13.1 Å². The van der Waals surface area contributed by atoms with E-state index in [0.29, 0.717) is 0 Å². The number of anilines is 3. The minimum absolute atomic E-state index is 0.173. The zero-order chi connectivity index (χ0) is 19.4. The molecule has 0 saturated heterocycles. The van der Waals surface area contributed by atoms with Crippen molar-refractivity contribution < 1.29 is 32.3 Å². The molecule has 1 rings (SSSR count). The van der Waals surface area contributed by atoms with Gasteiger partial charge in [0.2, 0.25) is 11.8 Å². The van der Waals surface area contributed by atoms with Gasteiger partial charge in [0.25, 0.3) is 5.91 Å². The Balaban J connectivity index is 3.58. The first-order chi connectivity index (χ1) is 11.5. The molecule has 0 spiro atoms. The summed E-state index contributed by atoms with van der Waals surface area (Å²) in [7, 11) is 0. The molecule has 0 aliphatic carbocycles. The average molecular weight is 381 g/mol. The molecule has 0 atom stereocenters. The van der Waals surface area contributed by atoms with Gasteiger partial charge in [-0.05, 0) is 12.1 Å². The Morgan fingerprint density at radius 1 is 1.08 bits per heavy atom. The third-order valence-corrected chi connectivity index (χ3v) is 2.91. The Morgan fingerprint density at radius 3 is 2.12 bits per heavy atom. The molecule has 0 heterocycles. The van der Waals surface area contributed by atoms with Gasteiger partial charge in [-0.1, -0.05) is 0 Å². The van der Waals surface area contributed by atoms with Crippen LogP contribution in [0, 0.1) is 0 Å². The lowest BCUT2D eigenvalue weighted by Crippen LogP contribution is -2.32. The van der Waals surface area contributed by atoms with Gasteiger partial charge in [-0.15, -0.1) is 11.6 Å². The molecular formula is C13H12ClF3N4O4. The van der Waals surface area contributed by atoms with Crippen LogP contribution in [0.25, 0.3) is 0 Å². The lowest BCUT2D eigenvalue weighted by atomic mass is 10.1. The smallest absolute Gasteiger partial charge is 0.366 e. The summed E-state index contributed by atoms with van der Waals surface area (Å²) in [5, 5.41) is 5.82. The number of alkyl halides is 4. The number of hydrogen-bond acceptors (Lipinski definition) is 4. The number of benzene rings is 1. The summed E-state index contributed by atoms with van der Waals surface area (Å²) in [5.41, 5.74) is 3.21. The highest BCUT2D eigenvalue weighted by atomic mass is 35.5. The highest BCUT2D eigenvalue weighted by Gasteiger charge is 2.40. The molecule has 4 amide bonds. The lowest BCUT2D eigenvalue weighted by molar-refractivity contribution is -0.167. The number of primary amides is 1. The van der Waals surface area contributed by atoms with Crippen molar-refractivity contribution in [2.24, 2.45) is 5.73 Å². The molecule has 0 aliphatic rings. The highest BCUT2D eigenvalue weighted by molar-refractivity contribution is 6.29. The minimum atomic E-state index is -5.27. The average Bonchev–Trinajstić information content (AvgIpc) is 2.48. The minimum Gasteiger partial charge on any atom is -0.366 e. The Morgan fingerprint density at radius 2 is 1.68 bits per heavy atom. The van der Waals surface area contributed by atoms with Crippen LogP contribution in [0.15, 0.2) is 12.1 Å². The van der Waals surface area contributed by atoms with E-state index in [2.05, 4.69) is 10.6 Å². The second-order valence-electron chi connectivity index (χ2n) is 4.59. The maximum Gasteiger partial charge on any atom is 0.471 e. The molecule has 12 heteroatoms. The molecule has 0 unspecified atom stereocenters. The van der Waals surface area contributed by atoms with Crippen LogP contribution in [0.3, 0.4) is 0 Å². The quantitative estimate of drug-likeness (QED) is 0.575. The van der Waals surface area contributed by atoms with Crippen LogP contribution in [0.1, 0.15) is 17.3 Å². The van der Waals surface area contributed by atoms with E-state index >= 15 is 0 Å². The number of amides is 4. The first kappa shape index (κ1) is 20.2. The fourth-order valence-electron chi connectivity index (χ4n) is 1.72. The number of nitrogens with one attached hydrogen (secondary N) is 3. The van der Waals surface area contributed by atoms with Crippen molar-refractivity contribution in [1.29, 1.82) is 0 Å². The second kappa shape index (κ2) is 7.83. The highest BCUT2D eigenvalue weighted by Crippen LogP contribution is 2.35. The number of carbonyl (C=O) groups is 4. The zero-order valence-corrected chi connectivity index (χ0v) is 13.3. The molecule has 0 aliphatic heterocycles. The largest absolute Gasteiger partial charge is 0.471 e. The monoisotopic (exact) mass is 380 g/mol. The summed E-state index contributed by atoms with van der Waals surface area (Å²) in [6.45, 7) is 1.10. The van der Waals surface area contributed by atoms with Gasteiger partial charge in [0.15, 0.2) is 0 Å². The Labute approximate surface area is 143 Å². The van der Waals surface area contributed by atoms with Crippen LogP contribution in [0.2, 0.25) is 0 Å². The maximum absolute atomic E-state index is 12.5. The van der Waals surface area contributed by atoms with Crippen molar-refractivity contribution in [3.8, 4) is 0 Å². The third-order valence-electron chi connectivity index (χ3n) is 2.66. The van der Waals surface area contributed by atoms with Gasteiger partial charge in [0, 0.05) is 6.92 Å². The SMILES string of the molecule is CC(=O)Nc1ccc(C(N)=O)c(NC(=O)C(F)(F)F)c1NC(=O)CCl. The predicted octanol–water partition coefficient (Wildman–Crippen LogP) is 1.42. The predicted molar refractivity (Wildman–Crippen MR) is 83.3 cm³/mol. The van der Waals surface area contributed by atoms with Crippen LogP contribution in [-0.2, 0) is 14.4 Å². The molecule has 0 bridgehead atoms. The molecule has 1 aromatic rings. The van der Waals surface area contributed by atoms with Gasteiger partial charge in [0.1, 0.15) is 5.88 Å². The lowest BCUT2D eigenvalue weighted by Gasteiger charge is -2.19. The van der Waals surface area contributed by atoms with Gasteiger partial charge in [-0.3, -0.25) is 19.2 Å². The van der Waals surface area contributed by atoms with E-state index in [4.69, 9.17) is 17.3 Å². The topological polar surface area (TPSA) is 130 Å². The molecule has 25 heavy (non-hydrogen) atoms. The standard InChI is InChI=1S/C13H12ClF3N4O4/c1-5(22)19-7-3-2-6(11(18)24)9(10(7)20-8(23)4-14)21-12(25)13(15,16)17/h2-3H,4H2,1H3,(H2,18,24)(H,19,22)(H,20,23)(H,21,25). The molecular weight excluding hydrogens is 369 g/mol. The summed E-state index contributed by atoms with van der Waals surface area (Å²) in [5.74, 6) is -5.64. The molecule has 0 saturated carbocycles. The van der Waals surface area contributed by atoms with E-state index < -0.39 is 52.6 Å². The van der Waals surface area contributed by atoms with Gasteiger partial charge < -0.3 is 21.7 Å². The summed E-state index contributed by atoms with van der Waals surface area (Å²) >= 11 is 5.33. The molecule has 0 aromatic heterocycles. The van der Waals surface area contributed by atoms with E-state index in [0.717, 1.165) is 19.1 Å². The molecule has 8 nitrogen and oxygen atoms in total. The first-order valence-corrected chi connectivity index (χ1v) is 6.99. The van der Waals surface area contributed by atoms with Crippen LogP contribution in [0.4, 0.5) is 30.2 Å². The molecule has 0 radical (unpaired) electrons. The Hall–Kier alpha value is -2.82. The van der Waals surface area contributed by atoms with Gasteiger partial charge in [-0.25, -0.2) is 0 Å². The van der Waals surface area contributed by atoms with E-state index in [9.17, 15) is 32.3 Å². The van der Waals surface area contributed by atoms with Crippen LogP contribution < -0.4 is 21.7 Å². The zero-order valence-electron chi connectivity index (χ0n) is 12.6. The molecule has 136 valence electrons. The summed E-state index contributed by atoms with van der Waals surface area (Å²) in [4.78, 5) is 45.4. The van der Waals surface area contributed by atoms with E-state index in [-0.39, 0.29) is 5.69 Å². The summed E-state index contributed by atoms with van der Waals surface area (Å²) < 4.78 is 37.6. The first-order valence-electron chi connectivity index (χ1n) is 6.45. The van der Waals surface area contributed by atoms with Crippen molar-refractivity contribution in [3.63, 3.8) is 0 Å². The number of halogens is 4. The van der Waals surface area contributed by atoms with Crippen molar-refractivity contribution in [1.82, 2.24) is 0 Å².